The third kappa shape index (κ3) is 4.34. The average molecular weight is 333 g/mol. The Balaban J connectivity index is 2.05. The summed E-state index contributed by atoms with van der Waals surface area (Å²) in [4.78, 5) is 0. The van der Waals surface area contributed by atoms with Crippen molar-refractivity contribution in [3.8, 4) is 0 Å². The van der Waals surface area contributed by atoms with E-state index in [4.69, 9.17) is 0 Å². The zero-order valence-electron chi connectivity index (χ0n) is 17.0. The monoisotopic (exact) mass is 332 g/mol. The van der Waals surface area contributed by atoms with E-state index in [0.29, 0.717) is 10.8 Å². The molecule has 0 amide bonds. The van der Waals surface area contributed by atoms with Crippen molar-refractivity contribution < 1.29 is 5.11 Å². The van der Waals surface area contributed by atoms with Crippen LogP contribution in [0.2, 0.25) is 0 Å². The van der Waals surface area contributed by atoms with Gasteiger partial charge in [0.2, 0.25) is 0 Å². The van der Waals surface area contributed by atoms with Crippen molar-refractivity contribution in [1.29, 1.82) is 0 Å². The number of aliphatic hydroxyl groups excluding tert-OH is 1. The third-order valence-corrected chi connectivity index (χ3v) is 7.20. The quantitative estimate of drug-likeness (QED) is 0.538. The number of hydrogen-bond acceptors (Lipinski definition) is 1. The molecule has 1 saturated carbocycles. The molecule has 138 valence electrons. The highest BCUT2D eigenvalue weighted by Crippen LogP contribution is 2.60. The van der Waals surface area contributed by atoms with Crippen LogP contribution < -0.4 is 0 Å². The molecule has 0 unspecified atom stereocenters. The van der Waals surface area contributed by atoms with E-state index in [-0.39, 0.29) is 6.10 Å². The predicted molar refractivity (Wildman–Crippen MR) is 105 cm³/mol. The van der Waals surface area contributed by atoms with Gasteiger partial charge in [0.05, 0.1) is 6.10 Å². The fourth-order valence-corrected chi connectivity index (χ4v) is 5.74. The summed E-state index contributed by atoms with van der Waals surface area (Å²) in [6, 6.07) is 0. The van der Waals surface area contributed by atoms with Gasteiger partial charge >= 0.3 is 0 Å². The summed E-state index contributed by atoms with van der Waals surface area (Å²) in [6.45, 7) is 14.1. The molecule has 1 N–H and O–H groups in total. The van der Waals surface area contributed by atoms with Gasteiger partial charge in [-0.1, -0.05) is 50.5 Å². The summed E-state index contributed by atoms with van der Waals surface area (Å²) >= 11 is 0. The summed E-state index contributed by atoms with van der Waals surface area (Å²) in [5.41, 5.74) is 4.12. The van der Waals surface area contributed by atoms with Gasteiger partial charge in [0, 0.05) is 0 Å². The van der Waals surface area contributed by atoms with Crippen LogP contribution in [-0.2, 0) is 0 Å². The molecule has 0 aromatic heterocycles. The normalized spacial score (nSPS) is 34.5. The number of hydrogen-bond donors (Lipinski definition) is 1. The molecule has 4 atom stereocenters. The van der Waals surface area contributed by atoms with Crippen LogP contribution in [0.1, 0.15) is 92.9 Å². The molecule has 0 aromatic rings. The van der Waals surface area contributed by atoms with Crippen LogP contribution >= 0.6 is 0 Å². The lowest BCUT2D eigenvalue weighted by Gasteiger charge is -2.57. The minimum atomic E-state index is -0.179. The molecular weight excluding hydrogens is 292 g/mol. The largest absolute Gasteiger partial charge is 0.393 e. The molecular formula is C23H40O. The van der Waals surface area contributed by atoms with Crippen LogP contribution in [0.3, 0.4) is 0 Å². The molecule has 0 radical (unpaired) electrons. The topological polar surface area (TPSA) is 20.2 Å². The van der Waals surface area contributed by atoms with Crippen LogP contribution in [0, 0.1) is 22.7 Å². The van der Waals surface area contributed by atoms with Gasteiger partial charge in [-0.25, -0.2) is 0 Å². The molecule has 0 aromatic carbocycles. The number of fused-ring (bicyclic) bond motifs is 1. The van der Waals surface area contributed by atoms with E-state index < -0.39 is 0 Å². The lowest BCUT2D eigenvalue weighted by molar-refractivity contribution is -0.0390. The van der Waals surface area contributed by atoms with E-state index in [1.807, 2.05) is 6.92 Å². The van der Waals surface area contributed by atoms with Crippen LogP contribution in [0.15, 0.2) is 23.3 Å². The Hall–Kier alpha value is -0.560. The maximum atomic E-state index is 9.41. The van der Waals surface area contributed by atoms with Crippen molar-refractivity contribution in [3.63, 3.8) is 0 Å². The molecule has 0 saturated heterocycles. The van der Waals surface area contributed by atoms with Gasteiger partial charge in [0.15, 0.2) is 0 Å². The smallest absolute Gasteiger partial charge is 0.0515 e. The Morgan fingerprint density at radius 1 is 1.33 bits per heavy atom. The zero-order chi connectivity index (χ0) is 18.0. The van der Waals surface area contributed by atoms with Crippen molar-refractivity contribution in [2.24, 2.45) is 22.7 Å². The number of allylic oxidation sites excluding steroid dienone is 4. The van der Waals surface area contributed by atoms with Crippen molar-refractivity contribution in [3.05, 3.63) is 23.3 Å². The fourth-order valence-electron chi connectivity index (χ4n) is 5.74. The van der Waals surface area contributed by atoms with Gasteiger partial charge in [0.1, 0.15) is 0 Å². The molecule has 24 heavy (non-hydrogen) atoms. The highest BCUT2D eigenvalue weighted by molar-refractivity contribution is 5.19. The van der Waals surface area contributed by atoms with Crippen LogP contribution in [0.4, 0.5) is 0 Å². The lowest BCUT2D eigenvalue weighted by Crippen LogP contribution is -2.48. The first-order valence-corrected chi connectivity index (χ1v) is 10.2. The Kier molecular flexibility index (Phi) is 6.40. The molecule has 0 spiro atoms. The summed E-state index contributed by atoms with van der Waals surface area (Å²) < 4.78 is 0. The van der Waals surface area contributed by atoms with Crippen molar-refractivity contribution in [2.45, 2.75) is 99.0 Å². The molecule has 0 heterocycles. The Morgan fingerprint density at radius 3 is 2.71 bits per heavy atom. The van der Waals surface area contributed by atoms with E-state index in [2.05, 4.69) is 46.8 Å². The second-order valence-electron chi connectivity index (χ2n) is 9.65. The average Bonchev–Trinajstić information content (AvgIpc) is 2.45. The fraction of sp³-hybridized carbons (Fsp3) is 0.826. The zero-order valence-corrected chi connectivity index (χ0v) is 17.0. The van der Waals surface area contributed by atoms with Gasteiger partial charge in [-0.2, -0.15) is 0 Å². The van der Waals surface area contributed by atoms with E-state index in [1.165, 1.54) is 44.1 Å². The second-order valence-corrected chi connectivity index (χ2v) is 9.65. The molecule has 0 bridgehead atoms. The van der Waals surface area contributed by atoms with E-state index in [9.17, 15) is 5.11 Å². The molecule has 1 nitrogen and oxygen atoms in total. The van der Waals surface area contributed by atoms with Gasteiger partial charge in [-0.05, 0) is 88.4 Å². The summed E-state index contributed by atoms with van der Waals surface area (Å²) in [5.74, 6) is 1.59. The van der Waals surface area contributed by atoms with Gasteiger partial charge in [-0.3, -0.25) is 0 Å². The number of aliphatic hydroxyl groups is 1. The van der Waals surface area contributed by atoms with E-state index in [1.54, 1.807) is 5.57 Å². The molecule has 2 aliphatic rings. The Bertz CT molecular complexity index is 482. The highest BCUT2D eigenvalue weighted by atomic mass is 16.3. The molecule has 1 fully saturated rings. The minimum Gasteiger partial charge on any atom is -0.393 e. The Labute approximate surface area is 150 Å². The summed E-state index contributed by atoms with van der Waals surface area (Å²) in [5, 5.41) is 9.41. The van der Waals surface area contributed by atoms with Gasteiger partial charge in [-0.15, -0.1) is 0 Å². The number of rotatable bonds is 6. The molecule has 2 aliphatic carbocycles. The van der Waals surface area contributed by atoms with Crippen molar-refractivity contribution in [2.75, 3.05) is 0 Å². The first-order valence-electron chi connectivity index (χ1n) is 10.2. The predicted octanol–water partition coefficient (Wildman–Crippen LogP) is 6.67. The first-order chi connectivity index (χ1) is 11.2. The first kappa shape index (κ1) is 19.8. The summed E-state index contributed by atoms with van der Waals surface area (Å²) in [6.07, 6.45) is 14.6. The van der Waals surface area contributed by atoms with E-state index in [0.717, 1.165) is 24.7 Å². The maximum Gasteiger partial charge on any atom is 0.0515 e. The highest BCUT2D eigenvalue weighted by Gasteiger charge is 2.51. The van der Waals surface area contributed by atoms with Gasteiger partial charge < -0.3 is 5.11 Å². The van der Waals surface area contributed by atoms with Crippen molar-refractivity contribution >= 4 is 0 Å². The lowest BCUT2D eigenvalue weighted by atomic mass is 9.48. The SMILES string of the molecule is CC1=CC[C@H]2C(C)(C)CCC[C@]2(C)[C@@H]1CC/C(C)=C/CC[C@@H](C)O. The van der Waals surface area contributed by atoms with Gasteiger partial charge in [0.25, 0.3) is 0 Å². The van der Waals surface area contributed by atoms with Crippen molar-refractivity contribution in [1.82, 2.24) is 0 Å². The summed E-state index contributed by atoms with van der Waals surface area (Å²) in [7, 11) is 0. The second kappa shape index (κ2) is 7.77. The Morgan fingerprint density at radius 2 is 2.04 bits per heavy atom. The van der Waals surface area contributed by atoms with Crippen LogP contribution in [0.25, 0.3) is 0 Å². The third-order valence-electron chi connectivity index (χ3n) is 7.20. The van der Waals surface area contributed by atoms with Crippen LogP contribution in [-0.4, -0.2) is 11.2 Å². The minimum absolute atomic E-state index is 0.179. The molecule has 2 rings (SSSR count). The maximum absolute atomic E-state index is 9.41. The standard InChI is InChI=1S/C23H40O/c1-17(9-7-10-19(3)24)11-13-20-18(2)12-14-21-22(4,5)15-8-16-23(20,21)6/h9,12,19-21,24H,7-8,10-11,13-16H2,1-6H3/b17-9+/t19-,20-,21+,23-/m1/s1. The molecule has 1 heteroatoms. The van der Waals surface area contributed by atoms with E-state index >= 15 is 0 Å². The molecule has 0 aliphatic heterocycles. The van der Waals surface area contributed by atoms with Crippen LogP contribution in [0.5, 0.6) is 0 Å².